The van der Waals surface area contributed by atoms with Gasteiger partial charge in [-0.05, 0) is 24.2 Å². The molecule has 1 rings (SSSR count). The first kappa shape index (κ1) is 14.9. The summed E-state index contributed by atoms with van der Waals surface area (Å²) in [4.78, 5) is 0. The molecule has 0 fully saturated rings. The zero-order valence-electron chi connectivity index (χ0n) is 11.6. The van der Waals surface area contributed by atoms with Crippen LogP contribution >= 0.6 is 0 Å². The highest BCUT2D eigenvalue weighted by molar-refractivity contribution is 6.74. The minimum atomic E-state index is -2.08. The molecule has 0 N–H and O–H groups in total. The molecule has 0 radical (unpaired) electrons. The van der Waals surface area contributed by atoms with E-state index >= 15 is 0 Å². The largest absolute Gasteiger partial charge is 0.398 e. The average molecular weight is 265 g/mol. The van der Waals surface area contributed by atoms with Gasteiger partial charge in [-0.15, -0.1) is 0 Å². The number of nitriles is 1. The summed E-state index contributed by atoms with van der Waals surface area (Å²) in [7, 11) is -2.08. The zero-order valence-corrected chi connectivity index (χ0v) is 12.6. The first-order valence-electron chi connectivity index (χ1n) is 6.01. The van der Waals surface area contributed by atoms with Gasteiger partial charge in [-0.25, -0.2) is 4.39 Å². The molecule has 0 saturated carbocycles. The summed E-state index contributed by atoms with van der Waals surface area (Å²) in [6.07, 6.45) is -0.827. The molecule has 0 aromatic heterocycles. The number of rotatable bonds is 3. The van der Waals surface area contributed by atoms with Crippen LogP contribution in [0.1, 0.15) is 32.4 Å². The number of nitrogens with zero attached hydrogens (tertiary/aromatic N) is 1. The summed E-state index contributed by atoms with van der Waals surface area (Å²) in [6, 6.07) is 8.35. The highest BCUT2D eigenvalue weighted by Gasteiger charge is 2.39. The summed E-state index contributed by atoms with van der Waals surface area (Å²) in [5.41, 5.74) is 0.324. The van der Waals surface area contributed by atoms with E-state index in [1.54, 1.807) is 18.2 Å². The Labute approximate surface area is 110 Å². The van der Waals surface area contributed by atoms with Crippen LogP contribution < -0.4 is 0 Å². The van der Waals surface area contributed by atoms with Crippen LogP contribution in [0.15, 0.2) is 24.3 Å². The van der Waals surface area contributed by atoms with Crippen molar-refractivity contribution in [3.8, 4) is 6.07 Å². The van der Waals surface area contributed by atoms with Crippen LogP contribution in [-0.4, -0.2) is 8.32 Å². The Morgan fingerprint density at radius 2 is 1.83 bits per heavy atom. The zero-order chi connectivity index (χ0) is 14.0. The molecule has 1 aromatic rings. The summed E-state index contributed by atoms with van der Waals surface area (Å²) in [6.45, 7) is 10.4. The monoisotopic (exact) mass is 265 g/mol. The number of hydrogen-bond acceptors (Lipinski definition) is 2. The van der Waals surface area contributed by atoms with Crippen LogP contribution in [0.3, 0.4) is 0 Å². The van der Waals surface area contributed by atoms with E-state index in [0.29, 0.717) is 5.56 Å². The van der Waals surface area contributed by atoms with Crippen molar-refractivity contribution in [2.45, 2.75) is 45.0 Å². The quantitative estimate of drug-likeness (QED) is 0.758. The van der Waals surface area contributed by atoms with Gasteiger partial charge >= 0.3 is 0 Å². The fourth-order valence-corrected chi connectivity index (χ4v) is 2.44. The molecule has 1 aromatic carbocycles. The van der Waals surface area contributed by atoms with Crippen LogP contribution in [0.2, 0.25) is 18.1 Å². The van der Waals surface area contributed by atoms with Gasteiger partial charge in [0.1, 0.15) is 5.82 Å². The maximum atomic E-state index is 13.7. The lowest BCUT2D eigenvalue weighted by molar-refractivity contribution is 0.231. The third-order valence-corrected chi connectivity index (χ3v) is 7.96. The van der Waals surface area contributed by atoms with Crippen molar-refractivity contribution in [3.05, 3.63) is 35.6 Å². The lowest BCUT2D eigenvalue weighted by Gasteiger charge is -2.37. The summed E-state index contributed by atoms with van der Waals surface area (Å²) in [5.74, 6) is -0.386. The van der Waals surface area contributed by atoms with Crippen molar-refractivity contribution in [2.24, 2.45) is 0 Å². The van der Waals surface area contributed by atoms with Crippen molar-refractivity contribution < 1.29 is 8.82 Å². The maximum Gasteiger partial charge on any atom is 0.194 e. The fraction of sp³-hybridized carbons (Fsp3) is 0.500. The maximum absolute atomic E-state index is 13.7. The van der Waals surface area contributed by atoms with E-state index < -0.39 is 14.4 Å². The van der Waals surface area contributed by atoms with Crippen LogP contribution in [-0.2, 0) is 4.43 Å². The highest BCUT2D eigenvalue weighted by atomic mass is 28.4. The van der Waals surface area contributed by atoms with Gasteiger partial charge in [-0.3, -0.25) is 0 Å². The first-order valence-corrected chi connectivity index (χ1v) is 8.92. The molecule has 0 saturated heterocycles. The van der Waals surface area contributed by atoms with Gasteiger partial charge in [0.15, 0.2) is 14.4 Å². The molecule has 1 unspecified atom stereocenters. The molecule has 0 aliphatic carbocycles. The van der Waals surface area contributed by atoms with Gasteiger partial charge in [-0.2, -0.15) is 5.26 Å². The second-order valence-electron chi connectivity index (χ2n) is 5.91. The Morgan fingerprint density at radius 1 is 1.28 bits per heavy atom. The van der Waals surface area contributed by atoms with Gasteiger partial charge in [0, 0.05) is 5.56 Å². The van der Waals surface area contributed by atoms with Crippen molar-refractivity contribution >= 4 is 8.32 Å². The van der Waals surface area contributed by atoms with Gasteiger partial charge in [0.25, 0.3) is 0 Å². The summed E-state index contributed by atoms with van der Waals surface area (Å²) < 4.78 is 19.6. The van der Waals surface area contributed by atoms with Crippen molar-refractivity contribution in [3.63, 3.8) is 0 Å². The predicted molar refractivity (Wildman–Crippen MR) is 73.0 cm³/mol. The Bertz CT molecular complexity index is 460. The molecule has 0 bridgehead atoms. The molecule has 0 aliphatic rings. The fourth-order valence-electron chi connectivity index (χ4n) is 1.32. The lowest BCUT2D eigenvalue weighted by atomic mass is 10.1. The number of hydrogen-bond donors (Lipinski definition) is 0. The molecule has 4 heteroatoms. The molecule has 18 heavy (non-hydrogen) atoms. The lowest BCUT2D eigenvalue weighted by Crippen LogP contribution is -2.41. The van der Waals surface area contributed by atoms with Crippen LogP contribution in [0, 0.1) is 17.1 Å². The predicted octanol–water partition coefficient (Wildman–Crippen LogP) is 4.41. The number of halogens is 1. The first-order chi connectivity index (χ1) is 8.19. The Hall–Kier alpha value is -1.18. The van der Waals surface area contributed by atoms with Gasteiger partial charge in [-0.1, -0.05) is 39.0 Å². The summed E-state index contributed by atoms with van der Waals surface area (Å²) in [5, 5.41) is 9.21. The van der Waals surface area contributed by atoms with E-state index in [-0.39, 0.29) is 10.9 Å². The molecule has 0 amide bonds. The van der Waals surface area contributed by atoms with Gasteiger partial charge in [0.05, 0.1) is 6.07 Å². The molecule has 0 heterocycles. The van der Waals surface area contributed by atoms with Crippen LogP contribution in [0.25, 0.3) is 0 Å². The third-order valence-electron chi connectivity index (χ3n) is 3.52. The van der Waals surface area contributed by atoms with Crippen LogP contribution in [0.5, 0.6) is 0 Å². The molecular formula is C14H20FNOSi. The van der Waals surface area contributed by atoms with Gasteiger partial charge < -0.3 is 4.43 Å². The average Bonchev–Trinajstić information content (AvgIpc) is 2.25. The van der Waals surface area contributed by atoms with Crippen molar-refractivity contribution in [2.75, 3.05) is 0 Å². The second kappa shape index (κ2) is 5.21. The Morgan fingerprint density at radius 3 is 2.28 bits per heavy atom. The molecule has 0 spiro atoms. The van der Waals surface area contributed by atoms with E-state index in [9.17, 15) is 9.65 Å². The smallest absolute Gasteiger partial charge is 0.194 e. The highest BCUT2D eigenvalue weighted by Crippen LogP contribution is 2.39. The topological polar surface area (TPSA) is 33.0 Å². The normalized spacial score (nSPS) is 14.1. The minimum Gasteiger partial charge on any atom is -0.398 e. The van der Waals surface area contributed by atoms with E-state index in [1.165, 1.54) is 6.07 Å². The summed E-state index contributed by atoms with van der Waals surface area (Å²) >= 11 is 0. The van der Waals surface area contributed by atoms with E-state index in [4.69, 9.17) is 4.43 Å². The third kappa shape index (κ3) is 3.18. The molecule has 0 aliphatic heterocycles. The standard InChI is InChI=1S/C14H20FNOSi/c1-14(2,3)18(4,5)17-13(10-16)11-8-6-7-9-12(11)15/h6-9,13H,1-5H3. The molecular weight excluding hydrogens is 245 g/mol. The number of benzene rings is 1. The molecule has 2 nitrogen and oxygen atoms in total. The SMILES string of the molecule is CC(C)(C)[Si](C)(C)OC(C#N)c1ccccc1F. The second-order valence-corrected chi connectivity index (χ2v) is 10.7. The Kier molecular flexibility index (Phi) is 4.31. The van der Waals surface area contributed by atoms with E-state index in [2.05, 4.69) is 39.9 Å². The van der Waals surface area contributed by atoms with E-state index in [1.807, 2.05) is 0 Å². The minimum absolute atomic E-state index is 0.00659. The van der Waals surface area contributed by atoms with Crippen molar-refractivity contribution in [1.82, 2.24) is 0 Å². The van der Waals surface area contributed by atoms with E-state index in [0.717, 1.165) is 0 Å². The van der Waals surface area contributed by atoms with Crippen LogP contribution in [0.4, 0.5) is 4.39 Å². The Balaban J connectivity index is 3.02. The molecule has 98 valence electrons. The van der Waals surface area contributed by atoms with Gasteiger partial charge in [0.2, 0.25) is 0 Å². The van der Waals surface area contributed by atoms with Crippen molar-refractivity contribution in [1.29, 1.82) is 5.26 Å². The molecule has 1 atom stereocenters.